The maximum Gasteiger partial charge on any atom is 0.250 e. The second kappa shape index (κ2) is 5.58. The van der Waals surface area contributed by atoms with Crippen molar-refractivity contribution in [3.05, 3.63) is 34.2 Å². The number of rotatable bonds is 1. The minimum Gasteiger partial charge on any atom is -0.360 e. The topological polar surface area (TPSA) is 37.3 Å². The van der Waals surface area contributed by atoms with E-state index in [-0.39, 0.29) is 5.56 Å². The summed E-state index contributed by atoms with van der Waals surface area (Å²) in [4.78, 5) is 14.5. The fraction of sp³-hybridized carbons (Fsp3) is 0.684. The number of fused-ring (bicyclic) bond motifs is 6. The molecule has 0 radical (unpaired) electrons. The van der Waals surface area contributed by atoms with Crippen LogP contribution in [-0.2, 0) is 6.54 Å². The Morgan fingerprint density at radius 2 is 2.00 bits per heavy atom. The van der Waals surface area contributed by atoms with E-state index in [0.29, 0.717) is 17.9 Å². The van der Waals surface area contributed by atoms with Crippen LogP contribution >= 0.6 is 12.2 Å². The van der Waals surface area contributed by atoms with Gasteiger partial charge in [0.05, 0.1) is 0 Å². The molecule has 2 saturated carbocycles. The Labute approximate surface area is 148 Å². The van der Waals surface area contributed by atoms with Crippen molar-refractivity contribution in [1.82, 2.24) is 14.8 Å². The molecule has 4 bridgehead atoms. The minimum atomic E-state index is 0.151. The van der Waals surface area contributed by atoms with Crippen LogP contribution in [-0.4, -0.2) is 33.7 Å². The van der Waals surface area contributed by atoms with E-state index >= 15 is 0 Å². The number of piperidine rings is 1. The molecular formula is C19H25N3OS. The number of hydrogen-bond acceptors (Lipinski definition) is 2. The summed E-state index contributed by atoms with van der Waals surface area (Å²) in [5.41, 5.74) is 1.35. The van der Waals surface area contributed by atoms with Gasteiger partial charge in [-0.15, -0.1) is 0 Å². The summed E-state index contributed by atoms with van der Waals surface area (Å²) in [5, 5.41) is 4.65. The Morgan fingerprint density at radius 3 is 2.79 bits per heavy atom. The SMILES string of the molecule is O=c1cccc2n1C[C@@H]1CC2CN(C(=S)NC2CC3CCC2C3)C1. The first-order valence-electron chi connectivity index (χ1n) is 9.42. The molecular weight excluding hydrogens is 318 g/mol. The number of hydrogen-bond donors (Lipinski definition) is 1. The third-order valence-corrected chi connectivity index (χ3v) is 7.19. The summed E-state index contributed by atoms with van der Waals surface area (Å²) >= 11 is 5.77. The van der Waals surface area contributed by atoms with E-state index in [1.807, 2.05) is 10.6 Å². The first kappa shape index (κ1) is 14.9. The number of nitrogens with one attached hydrogen (secondary N) is 1. The Morgan fingerprint density at radius 1 is 1.08 bits per heavy atom. The number of aromatic nitrogens is 1. The van der Waals surface area contributed by atoms with Crippen LogP contribution in [0.15, 0.2) is 23.0 Å². The van der Waals surface area contributed by atoms with Gasteiger partial charge < -0.3 is 14.8 Å². The van der Waals surface area contributed by atoms with Crippen molar-refractivity contribution in [3.8, 4) is 0 Å². The lowest BCUT2D eigenvalue weighted by Crippen LogP contribution is -2.54. The van der Waals surface area contributed by atoms with Gasteiger partial charge in [-0.2, -0.15) is 0 Å². The van der Waals surface area contributed by atoms with Gasteiger partial charge in [0.2, 0.25) is 0 Å². The average Bonchev–Trinajstić information content (AvgIpc) is 3.18. The molecule has 4 nitrogen and oxygen atoms in total. The van der Waals surface area contributed by atoms with Crippen LogP contribution in [0.5, 0.6) is 0 Å². The first-order valence-corrected chi connectivity index (χ1v) is 9.83. The molecule has 1 aromatic rings. The molecule has 2 aliphatic heterocycles. The van der Waals surface area contributed by atoms with Gasteiger partial charge in [0.25, 0.3) is 5.56 Å². The maximum atomic E-state index is 12.1. The molecule has 0 aromatic carbocycles. The fourth-order valence-corrected chi connectivity index (χ4v) is 6.03. The van der Waals surface area contributed by atoms with Crippen molar-refractivity contribution in [2.75, 3.05) is 13.1 Å². The van der Waals surface area contributed by atoms with Gasteiger partial charge in [-0.1, -0.05) is 12.5 Å². The normalized spacial score (nSPS) is 36.5. The van der Waals surface area contributed by atoms with E-state index in [9.17, 15) is 4.79 Å². The summed E-state index contributed by atoms with van der Waals surface area (Å²) in [6.45, 7) is 2.79. The molecule has 1 saturated heterocycles. The largest absolute Gasteiger partial charge is 0.360 e. The summed E-state index contributed by atoms with van der Waals surface area (Å²) in [5.74, 6) is 2.76. The van der Waals surface area contributed by atoms with Crippen molar-refractivity contribution < 1.29 is 0 Å². The van der Waals surface area contributed by atoms with Gasteiger partial charge in [-0.05, 0) is 61.7 Å². The molecule has 3 fully saturated rings. The minimum absolute atomic E-state index is 0.151. The highest BCUT2D eigenvalue weighted by molar-refractivity contribution is 7.80. The first-order chi connectivity index (χ1) is 11.7. The molecule has 5 rings (SSSR count). The smallest absolute Gasteiger partial charge is 0.250 e. The monoisotopic (exact) mass is 343 g/mol. The molecule has 0 amide bonds. The highest BCUT2D eigenvalue weighted by atomic mass is 32.1. The predicted molar refractivity (Wildman–Crippen MR) is 98.1 cm³/mol. The molecule has 4 aliphatic rings. The van der Waals surface area contributed by atoms with E-state index in [0.717, 1.165) is 36.6 Å². The van der Waals surface area contributed by atoms with Crippen molar-refractivity contribution in [2.45, 2.75) is 50.6 Å². The van der Waals surface area contributed by atoms with Crippen molar-refractivity contribution in [1.29, 1.82) is 0 Å². The second-order valence-electron chi connectivity index (χ2n) is 8.33. The lowest BCUT2D eigenvalue weighted by atomic mass is 9.83. The fourth-order valence-electron chi connectivity index (χ4n) is 5.73. The molecule has 5 atom stereocenters. The molecule has 2 aliphatic carbocycles. The Bertz CT molecular complexity index is 730. The average molecular weight is 343 g/mol. The molecule has 1 N–H and O–H groups in total. The maximum absolute atomic E-state index is 12.1. The number of thiocarbonyl (C=S) groups is 1. The quantitative estimate of drug-likeness (QED) is 0.794. The highest BCUT2D eigenvalue weighted by Gasteiger charge is 2.41. The highest BCUT2D eigenvalue weighted by Crippen LogP contribution is 2.44. The van der Waals surface area contributed by atoms with Gasteiger partial charge in [0, 0.05) is 43.4 Å². The molecule has 24 heavy (non-hydrogen) atoms. The van der Waals surface area contributed by atoms with E-state index in [1.165, 1.54) is 37.8 Å². The Balaban J connectivity index is 1.31. The lowest BCUT2D eigenvalue weighted by molar-refractivity contribution is 0.175. The zero-order chi connectivity index (χ0) is 16.3. The van der Waals surface area contributed by atoms with Crippen LogP contribution in [0.4, 0.5) is 0 Å². The lowest BCUT2D eigenvalue weighted by Gasteiger charge is -2.44. The molecule has 5 heteroatoms. The van der Waals surface area contributed by atoms with Gasteiger partial charge in [0.15, 0.2) is 5.11 Å². The van der Waals surface area contributed by atoms with E-state index in [2.05, 4.69) is 16.3 Å². The van der Waals surface area contributed by atoms with Crippen LogP contribution in [0.25, 0.3) is 0 Å². The van der Waals surface area contributed by atoms with Crippen LogP contribution in [0.3, 0.4) is 0 Å². The predicted octanol–water partition coefficient (Wildman–Crippen LogP) is 2.33. The molecule has 4 unspecified atom stereocenters. The summed E-state index contributed by atoms with van der Waals surface area (Å²) < 4.78 is 1.99. The number of pyridine rings is 1. The van der Waals surface area contributed by atoms with Gasteiger partial charge >= 0.3 is 0 Å². The summed E-state index contributed by atoms with van der Waals surface area (Å²) in [7, 11) is 0. The number of likely N-dealkylation sites (tertiary alicyclic amines) is 1. The zero-order valence-electron chi connectivity index (χ0n) is 14.0. The van der Waals surface area contributed by atoms with Gasteiger partial charge in [-0.25, -0.2) is 0 Å². The second-order valence-corrected chi connectivity index (χ2v) is 8.72. The molecule has 128 valence electrons. The van der Waals surface area contributed by atoms with Crippen molar-refractivity contribution >= 4 is 17.3 Å². The van der Waals surface area contributed by atoms with Crippen LogP contribution in [0.1, 0.15) is 43.7 Å². The zero-order valence-corrected chi connectivity index (χ0v) is 14.8. The summed E-state index contributed by atoms with van der Waals surface area (Å²) in [6.07, 6.45) is 6.71. The molecule has 0 spiro atoms. The van der Waals surface area contributed by atoms with Crippen LogP contribution < -0.4 is 10.9 Å². The molecule has 1 aromatic heterocycles. The van der Waals surface area contributed by atoms with Crippen molar-refractivity contribution in [2.24, 2.45) is 17.8 Å². The number of nitrogens with zero attached hydrogens (tertiary/aromatic N) is 2. The van der Waals surface area contributed by atoms with Gasteiger partial charge in [-0.3, -0.25) is 4.79 Å². The third-order valence-electron chi connectivity index (χ3n) is 6.81. The van der Waals surface area contributed by atoms with E-state index in [1.54, 1.807) is 6.07 Å². The van der Waals surface area contributed by atoms with Crippen molar-refractivity contribution in [3.63, 3.8) is 0 Å². The molecule has 3 heterocycles. The standard InChI is InChI=1S/C19H25N3OS/c23-18-3-1-2-17-15-7-13(10-22(17)18)9-21(11-15)19(24)20-16-8-12-4-5-14(16)6-12/h1-3,12-16H,4-11H2,(H,20,24)/t12?,13-,14?,15?,16?/m1/s1. The third kappa shape index (κ3) is 2.40. The van der Waals surface area contributed by atoms with E-state index < -0.39 is 0 Å². The summed E-state index contributed by atoms with van der Waals surface area (Å²) in [6, 6.07) is 6.31. The Hall–Kier alpha value is -1.36. The van der Waals surface area contributed by atoms with Gasteiger partial charge in [0.1, 0.15) is 0 Å². The Kier molecular flexibility index (Phi) is 3.47. The van der Waals surface area contributed by atoms with E-state index in [4.69, 9.17) is 12.2 Å². The van der Waals surface area contributed by atoms with Crippen LogP contribution in [0, 0.1) is 17.8 Å². The van der Waals surface area contributed by atoms with Crippen LogP contribution in [0.2, 0.25) is 0 Å².